The Labute approximate surface area is 673 Å². The lowest BCUT2D eigenvalue weighted by Crippen LogP contribution is -1.99. The molecule has 2 heterocycles. The molecule has 0 spiro atoms. The summed E-state index contributed by atoms with van der Waals surface area (Å²) < 4.78 is 0. The van der Waals surface area contributed by atoms with Crippen molar-refractivity contribution in [2.24, 2.45) is 0 Å². The molecule has 552 valence electrons. The van der Waals surface area contributed by atoms with Crippen LogP contribution in [0.1, 0.15) is 33.9 Å². The summed E-state index contributed by atoms with van der Waals surface area (Å²) in [4.78, 5) is 22.4. The second kappa shape index (κ2) is 39.8. The van der Waals surface area contributed by atoms with E-state index in [1.54, 1.807) is 0 Å². The molecular formula is C109H91N5. The normalized spacial score (nSPS) is 10.4. The van der Waals surface area contributed by atoms with Gasteiger partial charge in [0.2, 0.25) is 0 Å². The Morgan fingerprint density at radius 1 is 0.140 bits per heavy atom. The van der Waals surface area contributed by atoms with E-state index in [1.807, 2.05) is 117 Å². The van der Waals surface area contributed by atoms with Gasteiger partial charge in [-0.3, -0.25) is 0 Å². The van der Waals surface area contributed by atoms with Crippen LogP contribution >= 0.6 is 0 Å². The molecule has 18 aromatic rings. The van der Waals surface area contributed by atoms with E-state index in [-0.39, 0.29) is 0 Å². The highest BCUT2D eigenvalue weighted by molar-refractivity contribution is 5.87. The van der Waals surface area contributed by atoms with Crippen LogP contribution in [0.3, 0.4) is 0 Å². The molecule has 0 aliphatic carbocycles. The molecule has 0 saturated heterocycles. The highest BCUT2D eigenvalue weighted by Crippen LogP contribution is 2.37. The smallest absolute Gasteiger partial charge is 0.163 e. The van der Waals surface area contributed by atoms with Gasteiger partial charge in [0, 0.05) is 22.3 Å². The number of hydrogen-bond acceptors (Lipinski definition) is 5. The molecule has 18 rings (SSSR count). The molecule has 0 saturated carbocycles. The Hall–Kier alpha value is -14.4. The van der Waals surface area contributed by atoms with E-state index in [4.69, 9.17) is 0 Å². The second-order valence-corrected chi connectivity index (χ2v) is 27.8. The molecule has 0 bridgehead atoms. The van der Waals surface area contributed by atoms with Crippen molar-refractivity contribution in [3.63, 3.8) is 0 Å². The van der Waals surface area contributed by atoms with Gasteiger partial charge in [0.25, 0.3) is 0 Å². The average molecular weight is 1470 g/mol. The summed E-state index contributed by atoms with van der Waals surface area (Å²) in [6.45, 7) is 12.4. The molecule has 0 aliphatic rings. The van der Waals surface area contributed by atoms with Crippen LogP contribution in [-0.2, 0) is 0 Å². The number of hydrogen-bond donors (Lipinski definition) is 0. The molecule has 0 N–H and O–H groups in total. The van der Waals surface area contributed by atoms with E-state index < -0.39 is 0 Å². The van der Waals surface area contributed by atoms with Crippen LogP contribution in [0.5, 0.6) is 0 Å². The standard InChI is InChI=1S/4C19H16.C17H14N2.C16H13N3/c1-15-12-18(16-8-4-2-5-9-16)14-19(13-15)17-10-6-3-7-11-17;1-15-9-5-6-12-17(15)19-14-8-7-13-18(19)16-10-3-2-4-11-16;1-15-8-7-11-17(14-15)19-13-6-5-12-18(19)16-9-3-2-4-10-16;1-15-11-13-17(14-12-15)19-10-6-5-9-18(19)16-7-3-2-4-8-16;1-13-18-16(14-8-4-2-5-9-14)12-17(19-13)15-10-6-3-7-11-15;1-12-17-15(13-8-4-2-5-9-13)19-16(18-12)14-10-6-3-7-11-14/h4*2-14H,1H3;2-12H,1H3;2-11H,1H3. The molecule has 16 aromatic carbocycles. The fraction of sp³-hybridized carbons (Fsp3) is 0.0550. The monoisotopic (exact) mass is 1470 g/mol. The van der Waals surface area contributed by atoms with Crippen LogP contribution in [0.15, 0.2) is 443 Å². The summed E-state index contributed by atoms with van der Waals surface area (Å²) in [5, 5.41) is 0. The van der Waals surface area contributed by atoms with Gasteiger partial charge < -0.3 is 0 Å². The van der Waals surface area contributed by atoms with Crippen LogP contribution < -0.4 is 0 Å². The first-order chi connectivity index (χ1) is 56.0. The number of rotatable bonds is 12. The maximum atomic E-state index is 4.55. The van der Waals surface area contributed by atoms with Crippen LogP contribution in [0.2, 0.25) is 0 Å². The fourth-order valence-electron chi connectivity index (χ4n) is 13.6. The van der Waals surface area contributed by atoms with Crippen LogP contribution in [0.4, 0.5) is 0 Å². The van der Waals surface area contributed by atoms with Crippen molar-refractivity contribution in [3.8, 4) is 134 Å². The van der Waals surface area contributed by atoms with E-state index in [9.17, 15) is 0 Å². The van der Waals surface area contributed by atoms with Gasteiger partial charge >= 0.3 is 0 Å². The summed E-state index contributed by atoms with van der Waals surface area (Å²) in [5.41, 5.74) is 31.8. The average Bonchev–Trinajstić information content (AvgIpc) is 0.812. The maximum Gasteiger partial charge on any atom is 0.163 e. The highest BCUT2D eigenvalue weighted by Gasteiger charge is 2.13. The van der Waals surface area contributed by atoms with E-state index in [1.165, 1.54) is 111 Å². The lowest BCUT2D eigenvalue weighted by atomic mass is 9.92. The van der Waals surface area contributed by atoms with Gasteiger partial charge in [-0.1, -0.05) is 442 Å². The molecule has 5 heteroatoms. The first-order valence-electron chi connectivity index (χ1n) is 38.7. The minimum atomic E-state index is 0.715. The second-order valence-electron chi connectivity index (χ2n) is 27.8. The molecule has 0 aliphatic heterocycles. The SMILES string of the molecule is Cc1cc(-c2ccccc2)cc(-c2ccccc2)c1.Cc1ccc(-c2ccccc2-c2ccccc2)cc1.Cc1cccc(-c2ccccc2-c2ccccc2)c1.Cc1ccccc1-c1ccccc1-c1ccccc1.Cc1nc(-c2ccccc2)cc(-c2ccccc2)n1.Cc1nc(-c2ccccc2)nc(-c2ccccc2)n1. The molecule has 0 amide bonds. The predicted molar refractivity (Wildman–Crippen MR) is 481 cm³/mol. The third-order valence-electron chi connectivity index (χ3n) is 19.2. The summed E-state index contributed by atoms with van der Waals surface area (Å²) in [6.07, 6.45) is 0. The largest absolute Gasteiger partial charge is 0.233 e. The molecular weight excluding hydrogens is 1380 g/mol. The van der Waals surface area contributed by atoms with Crippen molar-refractivity contribution in [2.75, 3.05) is 0 Å². The van der Waals surface area contributed by atoms with Crippen molar-refractivity contribution in [3.05, 3.63) is 477 Å². The summed E-state index contributed by atoms with van der Waals surface area (Å²) in [6, 6.07) is 153. The molecule has 114 heavy (non-hydrogen) atoms. The Balaban J connectivity index is 0.000000119. The predicted octanol–water partition coefficient (Wildman–Crippen LogP) is 28.9. The third kappa shape index (κ3) is 21.6. The van der Waals surface area contributed by atoms with E-state index in [2.05, 4.69) is 392 Å². The van der Waals surface area contributed by atoms with Crippen LogP contribution in [0, 0.1) is 41.5 Å². The minimum absolute atomic E-state index is 0.715. The van der Waals surface area contributed by atoms with Crippen LogP contribution in [0.25, 0.3) is 134 Å². The topological polar surface area (TPSA) is 64.5 Å². The Morgan fingerprint density at radius 2 is 0.412 bits per heavy atom. The van der Waals surface area contributed by atoms with Crippen molar-refractivity contribution in [1.82, 2.24) is 24.9 Å². The quantitative estimate of drug-likeness (QED) is 0.122. The zero-order valence-electron chi connectivity index (χ0n) is 65.4. The molecule has 0 atom stereocenters. The first-order valence-corrected chi connectivity index (χ1v) is 38.7. The van der Waals surface area contributed by atoms with Gasteiger partial charge in [-0.25, -0.2) is 24.9 Å². The van der Waals surface area contributed by atoms with Gasteiger partial charge in [-0.2, -0.15) is 0 Å². The zero-order valence-corrected chi connectivity index (χ0v) is 65.4. The molecule has 0 unspecified atom stereocenters. The van der Waals surface area contributed by atoms with Crippen LogP contribution in [-0.4, -0.2) is 24.9 Å². The Morgan fingerprint density at radius 3 is 0.781 bits per heavy atom. The number of aryl methyl sites for hydroxylation is 6. The molecule has 0 radical (unpaired) electrons. The van der Waals surface area contributed by atoms with Gasteiger partial charge in [-0.15, -0.1) is 0 Å². The number of benzene rings is 16. The van der Waals surface area contributed by atoms with Gasteiger partial charge in [0.15, 0.2) is 11.6 Å². The number of aromatic nitrogens is 5. The van der Waals surface area contributed by atoms with Crippen molar-refractivity contribution in [2.45, 2.75) is 41.5 Å². The van der Waals surface area contributed by atoms with E-state index in [0.717, 1.165) is 45.3 Å². The number of nitrogens with zero attached hydrogens (tertiary/aromatic N) is 5. The Bertz CT molecular complexity index is 5510. The highest BCUT2D eigenvalue weighted by atomic mass is 15.0. The van der Waals surface area contributed by atoms with Gasteiger partial charge in [-0.05, 0) is 154 Å². The lowest BCUT2D eigenvalue weighted by molar-refractivity contribution is 0.992. The summed E-state index contributed by atoms with van der Waals surface area (Å²) in [5.74, 6) is 2.95. The maximum absolute atomic E-state index is 4.55. The zero-order chi connectivity index (χ0) is 78.5. The summed E-state index contributed by atoms with van der Waals surface area (Å²) >= 11 is 0. The Kier molecular flexibility index (Phi) is 27.2. The van der Waals surface area contributed by atoms with Crippen molar-refractivity contribution in [1.29, 1.82) is 0 Å². The molecule has 0 fully saturated rings. The van der Waals surface area contributed by atoms with E-state index >= 15 is 0 Å². The third-order valence-corrected chi connectivity index (χ3v) is 19.2. The lowest BCUT2D eigenvalue weighted by Gasteiger charge is -2.12. The van der Waals surface area contributed by atoms with Gasteiger partial charge in [0.1, 0.15) is 11.6 Å². The first kappa shape index (κ1) is 77.8. The van der Waals surface area contributed by atoms with Gasteiger partial charge in [0.05, 0.1) is 11.4 Å². The van der Waals surface area contributed by atoms with E-state index in [0.29, 0.717) is 11.6 Å². The fourth-order valence-corrected chi connectivity index (χ4v) is 13.6. The van der Waals surface area contributed by atoms with Crippen molar-refractivity contribution < 1.29 is 0 Å². The summed E-state index contributed by atoms with van der Waals surface area (Å²) in [7, 11) is 0. The minimum Gasteiger partial charge on any atom is -0.233 e. The molecule has 2 aromatic heterocycles. The van der Waals surface area contributed by atoms with Crippen molar-refractivity contribution >= 4 is 0 Å². The molecule has 5 nitrogen and oxygen atoms in total.